The van der Waals surface area contributed by atoms with E-state index in [9.17, 15) is 4.79 Å². The first-order valence-electron chi connectivity index (χ1n) is 7.09. The maximum absolute atomic E-state index is 12.6. The van der Waals surface area contributed by atoms with Gasteiger partial charge >= 0.3 is 0 Å². The van der Waals surface area contributed by atoms with E-state index in [0.717, 1.165) is 21.4 Å². The van der Waals surface area contributed by atoms with Crippen molar-refractivity contribution in [2.75, 3.05) is 0 Å². The Balaban J connectivity index is 1.96. The monoisotopic (exact) mass is 370 g/mol. The molecule has 0 atom stereocenters. The maximum atomic E-state index is 12.6. The molecular formula is C17H15BrN4O. The molecule has 116 valence electrons. The highest BCUT2D eigenvalue weighted by Gasteiger charge is 2.10. The number of benzene rings is 1. The van der Waals surface area contributed by atoms with Crippen LogP contribution >= 0.6 is 15.9 Å². The maximum Gasteiger partial charge on any atom is 0.280 e. The number of rotatable bonds is 3. The molecule has 3 rings (SSSR count). The van der Waals surface area contributed by atoms with Crippen LogP contribution in [0.4, 0.5) is 5.82 Å². The topological polar surface area (TPSA) is 63.0 Å². The van der Waals surface area contributed by atoms with E-state index in [4.69, 9.17) is 0 Å². The quantitative estimate of drug-likeness (QED) is 0.714. The molecule has 0 aliphatic heterocycles. The van der Waals surface area contributed by atoms with Crippen molar-refractivity contribution in [2.45, 2.75) is 13.8 Å². The highest BCUT2D eigenvalue weighted by Crippen LogP contribution is 2.13. The van der Waals surface area contributed by atoms with Gasteiger partial charge in [0.25, 0.3) is 5.56 Å². The molecule has 2 heterocycles. The van der Waals surface area contributed by atoms with Crippen LogP contribution in [0.5, 0.6) is 0 Å². The molecule has 0 fully saturated rings. The van der Waals surface area contributed by atoms with E-state index in [1.807, 2.05) is 44.2 Å². The van der Waals surface area contributed by atoms with E-state index in [2.05, 4.69) is 31.0 Å². The number of hydrogen-bond donors (Lipinski definition) is 1. The van der Waals surface area contributed by atoms with E-state index >= 15 is 0 Å². The van der Waals surface area contributed by atoms with Crippen LogP contribution < -0.4 is 5.56 Å². The van der Waals surface area contributed by atoms with Gasteiger partial charge in [-0.15, -0.1) is 0 Å². The van der Waals surface area contributed by atoms with Gasteiger partial charge in [-0.05, 0) is 54.0 Å². The fourth-order valence-corrected chi connectivity index (χ4v) is 2.40. The average molecular weight is 371 g/mol. The zero-order valence-corrected chi connectivity index (χ0v) is 14.3. The van der Waals surface area contributed by atoms with Gasteiger partial charge in [-0.1, -0.05) is 17.7 Å². The summed E-state index contributed by atoms with van der Waals surface area (Å²) in [6.45, 7) is 3.86. The van der Waals surface area contributed by atoms with Gasteiger partial charge in [0.1, 0.15) is 0 Å². The molecule has 5 nitrogen and oxygen atoms in total. The smallest absolute Gasteiger partial charge is 0.280 e. The number of aromatic amines is 1. The number of halogens is 1. The van der Waals surface area contributed by atoms with E-state index in [1.165, 1.54) is 4.68 Å². The molecule has 0 amide bonds. The lowest BCUT2D eigenvalue weighted by molar-refractivity contribution is 0.835. The SMILES string of the molecule is Cc1ccc(-n2[nH]c(C)c(C=Nc3ccc(Br)cn3)c2=O)cc1. The van der Waals surface area contributed by atoms with Gasteiger partial charge in [-0.3, -0.25) is 9.89 Å². The van der Waals surface area contributed by atoms with Gasteiger partial charge in [0.15, 0.2) is 5.82 Å². The van der Waals surface area contributed by atoms with Gasteiger partial charge in [0.05, 0.1) is 11.3 Å². The number of aryl methyl sites for hydroxylation is 2. The number of nitrogens with one attached hydrogen (secondary N) is 1. The molecule has 6 heteroatoms. The van der Waals surface area contributed by atoms with Crippen LogP contribution in [0.1, 0.15) is 16.8 Å². The first-order valence-corrected chi connectivity index (χ1v) is 7.88. The van der Waals surface area contributed by atoms with Gasteiger partial charge in [0.2, 0.25) is 0 Å². The molecule has 1 N–H and O–H groups in total. The van der Waals surface area contributed by atoms with Crippen LogP contribution in [0.15, 0.2) is 56.9 Å². The van der Waals surface area contributed by atoms with Crippen molar-refractivity contribution in [3.05, 3.63) is 74.2 Å². The predicted octanol–water partition coefficient (Wildman–Crippen LogP) is 3.69. The summed E-state index contributed by atoms with van der Waals surface area (Å²) >= 11 is 3.33. The van der Waals surface area contributed by atoms with Crippen molar-refractivity contribution in [3.63, 3.8) is 0 Å². The third kappa shape index (κ3) is 3.32. The highest BCUT2D eigenvalue weighted by atomic mass is 79.9. The lowest BCUT2D eigenvalue weighted by Crippen LogP contribution is -2.17. The van der Waals surface area contributed by atoms with Crippen LogP contribution in [0, 0.1) is 13.8 Å². The Labute approximate surface area is 141 Å². The number of hydrogen-bond acceptors (Lipinski definition) is 3. The standard InChI is InChI=1S/C17H15BrN4O/c1-11-3-6-14(7-4-11)22-17(23)15(12(2)21-22)10-20-16-8-5-13(18)9-19-16/h3-10,21H,1-2H3. The lowest BCUT2D eigenvalue weighted by Gasteiger charge is -2.01. The van der Waals surface area contributed by atoms with Crippen molar-refractivity contribution in [1.82, 2.24) is 14.8 Å². The minimum Gasteiger partial charge on any atom is -0.295 e. The van der Waals surface area contributed by atoms with Crippen LogP contribution in [-0.2, 0) is 0 Å². The zero-order valence-electron chi connectivity index (χ0n) is 12.7. The minimum absolute atomic E-state index is 0.132. The fourth-order valence-electron chi connectivity index (χ4n) is 2.16. The van der Waals surface area contributed by atoms with E-state index in [0.29, 0.717) is 11.4 Å². The number of aromatic nitrogens is 3. The number of aliphatic imine (C=N–C) groups is 1. The van der Waals surface area contributed by atoms with Gasteiger partial charge in [-0.2, -0.15) is 0 Å². The van der Waals surface area contributed by atoms with Crippen LogP contribution in [0.25, 0.3) is 5.69 Å². The molecule has 1 aromatic carbocycles. The molecule has 0 aliphatic carbocycles. The minimum atomic E-state index is -0.132. The van der Waals surface area contributed by atoms with Crippen molar-refractivity contribution in [2.24, 2.45) is 4.99 Å². The predicted molar refractivity (Wildman–Crippen MR) is 95.1 cm³/mol. The second-order valence-corrected chi connectivity index (χ2v) is 6.14. The van der Waals surface area contributed by atoms with E-state index < -0.39 is 0 Å². The molecule has 0 aliphatic rings. The van der Waals surface area contributed by atoms with Gasteiger partial charge in [-0.25, -0.2) is 14.7 Å². The summed E-state index contributed by atoms with van der Waals surface area (Å²) in [7, 11) is 0. The number of H-pyrrole nitrogens is 1. The number of nitrogens with zero attached hydrogens (tertiary/aromatic N) is 3. The summed E-state index contributed by atoms with van der Waals surface area (Å²) in [4.78, 5) is 21.0. The van der Waals surface area contributed by atoms with Crippen molar-refractivity contribution >= 4 is 28.0 Å². The summed E-state index contributed by atoms with van der Waals surface area (Å²) in [5, 5.41) is 3.08. The van der Waals surface area contributed by atoms with Crippen LogP contribution in [0.2, 0.25) is 0 Å². The Morgan fingerprint density at radius 2 is 1.91 bits per heavy atom. The average Bonchev–Trinajstić information content (AvgIpc) is 2.82. The highest BCUT2D eigenvalue weighted by molar-refractivity contribution is 9.10. The largest absolute Gasteiger partial charge is 0.295 e. The zero-order chi connectivity index (χ0) is 16.4. The molecule has 0 saturated carbocycles. The third-order valence-corrected chi connectivity index (χ3v) is 3.92. The summed E-state index contributed by atoms with van der Waals surface area (Å²) in [6.07, 6.45) is 3.22. The fraction of sp³-hybridized carbons (Fsp3) is 0.118. The Morgan fingerprint density at radius 1 is 1.17 bits per heavy atom. The molecular weight excluding hydrogens is 356 g/mol. The molecule has 3 aromatic rings. The van der Waals surface area contributed by atoms with Crippen LogP contribution in [0.3, 0.4) is 0 Å². The Hall–Kier alpha value is -2.47. The Bertz CT molecular complexity index is 905. The van der Waals surface area contributed by atoms with E-state index in [-0.39, 0.29) is 5.56 Å². The molecule has 0 saturated heterocycles. The first-order chi connectivity index (χ1) is 11.0. The lowest BCUT2D eigenvalue weighted by atomic mass is 10.2. The van der Waals surface area contributed by atoms with Gasteiger partial charge in [0, 0.05) is 22.6 Å². The molecule has 23 heavy (non-hydrogen) atoms. The normalized spacial score (nSPS) is 11.3. The summed E-state index contributed by atoms with van der Waals surface area (Å²) < 4.78 is 2.40. The number of pyridine rings is 1. The molecule has 0 radical (unpaired) electrons. The summed E-state index contributed by atoms with van der Waals surface area (Å²) in [5.74, 6) is 0.551. The van der Waals surface area contributed by atoms with E-state index in [1.54, 1.807) is 18.5 Å². The van der Waals surface area contributed by atoms with Crippen molar-refractivity contribution in [1.29, 1.82) is 0 Å². The summed E-state index contributed by atoms with van der Waals surface area (Å²) in [6, 6.07) is 11.4. The Kier molecular flexibility index (Phi) is 4.25. The molecule has 0 bridgehead atoms. The molecule has 0 spiro atoms. The summed E-state index contributed by atoms with van der Waals surface area (Å²) in [5.41, 5.74) is 3.09. The second kappa shape index (κ2) is 6.34. The molecule has 0 unspecified atom stereocenters. The second-order valence-electron chi connectivity index (χ2n) is 5.22. The third-order valence-electron chi connectivity index (χ3n) is 3.45. The first kappa shape index (κ1) is 15.4. The van der Waals surface area contributed by atoms with Crippen LogP contribution in [-0.4, -0.2) is 21.0 Å². The van der Waals surface area contributed by atoms with Crippen molar-refractivity contribution < 1.29 is 0 Å². The van der Waals surface area contributed by atoms with Crippen molar-refractivity contribution in [3.8, 4) is 5.69 Å². The Morgan fingerprint density at radius 3 is 2.57 bits per heavy atom. The van der Waals surface area contributed by atoms with Gasteiger partial charge < -0.3 is 0 Å². The molecule has 2 aromatic heterocycles.